The third-order valence-electron chi connectivity index (χ3n) is 6.82. The zero-order valence-electron chi connectivity index (χ0n) is 20.7. The van der Waals surface area contributed by atoms with Crippen LogP contribution in [0, 0.1) is 0 Å². The molecule has 4 aromatic rings. The Morgan fingerprint density at radius 3 is 2.10 bits per heavy atom. The summed E-state index contributed by atoms with van der Waals surface area (Å²) in [6, 6.07) is 15.0. The fourth-order valence-corrected chi connectivity index (χ4v) is 6.63. The maximum atomic E-state index is 12.8. The predicted octanol–water partition coefficient (Wildman–Crippen LogP) is 7.58. The van der Waals surface area contributed by atoms with Crippen molar-refractivity contribution in [1.82, 2.24) is 10.1 Å². The first-order chi connectivity index (χ1) is 18.5. The SMILES string of the molecule is CCS(=O)(=O)c1ccc(CC(=O)Cc2cc(Cl)c(C3(c4noc(-c5ccc(Cl)c(Cl)c5)n4)CC3)c(Cl)c2)cc1. The molecule has 1 fully saturated rings. The lowest BCUT2D eigenvalue weighted by Gasteiger charge is -2.17. The molecule has 1 aliphatic carbocycles. The van der Waals surface area contributed by atoms with E-state index in [-0.39, 0.29) is 29.3 Å². The number of ketones is 1. The van der Waals surface area contributed by atoms with Gasteiger partial charge in [0.25, 0.3) is 5.89 Å². The number of hydrogen-bond donors (Lipinski definition) is 0. The fraction of sp³-hybridized carbons (Fsp3) is 0.250. The third-order valence-corrected chi connectivity index (χ3v) is 9.90. The van der Waals surface area contributed by atoms with Crippen LogP contribution in [0.25, 0.3) is 11.5 Å². The summed E-state index contributed by atoms with van der Waals surface area (Å²) in [6.07, 6.45) is 1.78. The van der Waals surface area contributed by atoms with Crippen molar-refractivity contribution < 1.29 is 17.7 Å². The maximum absolute atomic E-state index is 12.8. The van der Waals surface area contributed by atoms with Crippen LogP contribution in [0.15, 0.2) is 64.0 Å². The summed E-state index contributed by atoms with van der Waals surface area (Å²) in [5.74, 6) is 0.760. The van der Waals surface area contributed by atoms with Gasteiger partial charge in [0, 0.05) is 34.0 Å². The minimum atomic E-state index is -3.29. The Labute approximate surface area is 246 Å². The first-order valence-electron chi connectivity index (χ1n) is 12.1. The number of rotatable bonds is 9. The first kappa shape index (κ1) is 28.1. The second-order valence-electron chi connectivity index (χ2n) is 9.51. The highest BCUT2D eigenvalue weighted by molar-refractivity contribution is 7.91. The Morgan fingerprint density at radius 1 is 0.872 bits per heavy atom. The molecule has 0 saturated heterocycles. The van der Waals surface area contributed by atoms with E-state index in [9.17, 15) is 13.2 Å². The van der Waals surface area contributed by atoms with Crippen molar-refractivity contribution in [1.29, 1.82) is 0 Å². The zero-order valence-corrected chi connectivity index (χ0v) is 24.5. The number of carbonyl (C=O) groups excluding carboxylic acids is 1. The van der Waals surface area contributed by atoms with E-state index in [2.05, 4.69) is 10.1 Å². The Kier molecular flexibility index (Phi) is 7.83. The molecule has 0 spiro atoms. The lowest BCUT2D eigenvalue weighted by atomic mass is 9.92. The zero-order chi connectivity index (χ0) is 27.9. The van der Waals surface area contributed by atoms with Crippen LogP contribution in [0.5, 0.6) is 0 Å². The van der Waals surface area contributed by atoms with Crippen molar-refractivity contribution in [2.24, 2.45) is 0 Å². The third kappa shape index (κ3) is 5.74. The topological polar surface area (TPSA) is 90.1 Å². The van der Waals surface area contributed by atoms with Gasteiger partial charge in [-0.25, -0.2) is 8.42 Å². The number of aromatic nitrogens is 2. The number of carbonyl (C=O) groups is 1. The number of benzene rings is 3. The van der Waals surface area contributed by atoms with Gasteiger partial charge in [-0.15, -0.1) is 0 Å². The number of hydrogen-bond acceptors (Lipinski definition) is 6. The minimum Gasteiger partial charge on any atom is -0.334 e. The van der Waals surface area contributed by atoms with E-state index in [1.54, 1.807) is 49.4 Å². The van der Waals surface area contributed by atoms with Crippen molar-refractivity contribution in [2.45, 2.75) is 42.9 Å². The van der Waals surface area contributed by atoms with Gasteiger partial charge < -0.3 is 4.52 Å². The highest BCUT2D eigenvalue weighted by atomic mass is 35.5. The molecule has 5 rings (SSSR count). The molecule has 6 nitrogen and oxygen atoms in total. The van der Waals surface area contributed by atoms with E-state index in [0.717, 1.165) is 18.4 Å². The molecule has 11 heteroatoms. The van der Waals surface area contributed by atoms with Crippen LogP contribution in [0.2, 0.25) is 20.1 Å². The number of nitrogens with zero attached hydrogens (tertiary/aromatic N) is 2. The summed E-state index contributed by atoms with van der Waals surface area (Å²) in [4.78, 5) is 17.6. The standard InChI is InChI=1S/C28H22Cl4N2O4S/c1-2-39(36,37)20-6-3-16(4-7-20)11-19(35)12-17-13-23(31)25(24(32)14-17)28(9-10-28)27-33-26(38-34-27)18-5-8-21(29)22(30)15-18/h3-8,13-15H,2,9-12H2,1H3. The highest BCUT2D eigenvalue weighted by Crippen LogP contribution is 2.56. The van der Waals surface area contributed by atoms with Crippen LogP contribution in [0.4, 0.5) is 0 Å². The van der Waals surface area contributed by atoms with E-state index in [1.807, 2.05) is 0 Å². The van der Waals surface area contributed by atoms with Crippen LogP contribution < -0.4 is 0 Å². The maximum Gasteiger partial charge on any atom is 0.258 e. The van der Waals surface area contributed by atoms with Crippen molar-refractivity contribution in [3.05, 3.63) is 97.2 Å². The van der Waals surface area contributed by atoms with Crippen molar-refractivity contribution >= 4 is 62.0 Å². The van der Waals surface area contributed by atoms with Crippen molar-refractivity contribution in [3.63, 3.8) is 0 Å². The van der Waals surface area contributed by atoms with Gasteiger partial charge in [0.2, 0.25) is 0 Å². The average molecular weight is 624 g/mol. The summed E-state index contributed by atoms with van der Waals surface area (Å²) in [7, 11) is -3.29. The molecule has 0 unspecified atom stereocenters. The predicted molar refractivity (Wildman–Crippen MR) is 153 cm³/mol. The lowest BCUT2D eigenvalue weighted by Crippen LogP contribution is -2.13. The molecular weight excluding hydrogens is 602 g/mol. The summed E-state index contributed by atoms with van der Waals surface area (Å²) >= 11 is 25.6. The van der Waals surface area contributed by atoms with E-state index in [4.69, 9.17) is 50.9 Å². The van der Waals surface area contributed by atoms with Crippen LogP contribution in [-0.4, -0.2) is 30.1 Å². The summed E-state index contributed by atoms with van der Waals surface area (Å²) in [5, 5.41) is 5.88. The molecule has 0 aliphatic heterocycles. The molecule has 1 saturated carbocycles. The molecule has 0 atom stereocenters. The van der Waals surface area contributed by atoms with Crippen LogP contribution in [0.3, 0.4) is 0 Å². The summed E-state index contributed by atoms with van der Waals surface area (Å²) < 4.78 is 29.5. The van der Waals surface area contributed by atoms with Gasteiger partial charge in [-0.05, 0) is 66.4 Å². The molecule has 0 N–H and O–H groups in total. The summed E-state index contributed by atoms with van der Waals surface area (Å²) in [5.41, 5.74) is 2.19. The van der Waals surface area contributed by atoms with Gasteiger partial charge in [0.15, 0.2) is 15.7 Å². The molecule has 39 heavy (non-hydrogen) atoms. The smallest absolute Gasteiger partial charge is 0.258 e. The molecule has 1 aromatic heterocycles. The second-order valence-corrected chi connectivity index (χ2v) is 13.4. The first-order valence-corrected chi connectivity index (χ1v) is 15.3. The number of sulfone groups is 1. The van der Waals surface area contributed by atoms with Crippen molar-refractivity contribution in [3.8, 4) is 11.5 Å². The molecule has 0 amide bonds. The van der Waals surface area contributed by atoms with Crippen molar-refractivity contribution in [2.75, 3.05) is 5.75 Å². The van der Waals surface area contributed by atoms with Gasteiger partial charge in [0.05, 0.1) is 26.1 Å². The van der Waals surface area contributed by atoms with Gasteiger partial charge in [-0.3, -0.25) is 4.79 Å². The average Bonchev–Trinajstić information content (AvgIpc) is 3.51. The van der Waals surface area contributed by atoms with Gasteiger partial charge in [-0.1, -0.05) is 70.6 Å². The van der Waals surface area contributed by atoms with Gasteiger partial charge >= 0.3 is 0 Å². The van der Waals surface area contributed by atoms with Gasteiger partial charge in [0.1, 0.15) is 5.78 Å². The van der Waals surface area contributed by atoms with E-state index >= 15 is 0 Å². The van der Waals surface area contributed by atoms with Crippen LogP contribution >= 0.6 is 46.4 Å². The molecule has 1 aliphatic rings. The minimum absolute atomic E-state index is 0.0230. The van der Waals surface area contributed by atoms with Crippen LogP contribution in [0.1, 0.15) is 42.3 Å². The molecule has 202 valence electrons. The molecule has 0 bridgehead atoms. The Balaban J connectivity index is 1.33. The molecule has 3 aromatic carbocycles. The van der Waals surface area contributed by atoms with E-state index in [0.29, 0.717) is 48.5 Å². The highest BCUT2D eigenvalue weighted by Gasteiger charge is 2.52. The Morgan fingerprint density at radius 2 is 1.51 bits per heavy atom. The number of Topliss-reactive ketones (excluding diaryl/α,β-unsaturated/α-hetero) is 1. The molecule has 0 radical (unpaired) electrons. The second kappa shape index (κ2) is 10.9. The van der Waals surface area contributed by atoms with Gasteiger partial charge in [-0.2, -0.15) is 4.98 Å². The van der Waals surface area contributed by atoms with Crippen LogP contribution in [-0.2, 0) is 32.9 Å². The summed E-state index contributed by atoms with van der Waals surface area (Å²) in [6.45, 7) is 1.59. The van der Waals surface area contributed by atoms with E-state index in [1.165, 1.54) is 12.1 Å². The Hall–Kier alpha value is -2.42. The van der Waals surface area contributed by atoms with E-state index < -0.39 is 15.3 Å². The quantitative estimate of drug-likeness (QED) is 0.191. The molecular formula is C28H22Cl4N2O4S. The molecule has 1 heterocycles. The lowest BCUT2D eigenvalue weighted by molar-refractivity contribution is -0.117. The Bertz CT molecular complexity index is 1660. The largest absolute Gasteiger partial charge is 0.334 e. The normalized spacial score (nSPS) is 14.4. The monoisotopic (exact) mass is 622 g/mol. The fourth-order valence-electron chi connectivity index (χ4n) is 4.56. The number of halogens is 4.